The number of morpholine rings is 2. The Morgan fingerprint density at radius 2 is 0.857 bits per heavy atom. The highest BCUT2D eigenvalue weighted by Crippen LogP contribution is 2.49. The molecule has 7 aromatic heterocycles. The van der Waals surface area contributed by atoms with Gasteiger partial charge in [-0.3, -0.25) is 29.1 Å². The number of piperidine rings is 1. The van der Waals surface area contributed by atoms with E-state index in [9.17, 15) is 33.2 Å². The maximum absolute atomic E-state index is 13.7. The summed E-state index contributed by atoms with van der Waals surface area (Å²) in [6.45, 7) is 12.6. The van der Waals surface area contributed by atoms with Crippen molar-refractivity contribution in [2.24, 2.45) is 0 Å². The van der Waals surface area contributed by atoms with E-state index in [-0.39, 0.29) is 23.5 Å². The first-order valence-corrected chi connectivity index (χ1v) is 43.8. The summed E-state index contributed by atoms with van der Waals surface area (Å²) in [5, 5.41) is 20.5. The van der Waals surface area contributed by atoms with Crippen LogP contribution in [0.3, 0.4) is 0 Å². The largest absolute Gasteiger partial charge is 0.457 e. The average molecular weight is 1740 g/mol. The third-order valence-electron chi connectivity index (χ3n) is 22.2. The van der Waals surface area contributed by atoms with E-state index in [2.05, 4.69) is 88.6 Å². The molecule has 0 aliphatic carbocycles. The van der Waals surface area contributed by atoms with Crippen LogP contribution in [0.15, 0.2) is 231 Å². The molecule has 29 nitrogen and oxygen atoms in total. The van der Waals surface area contributed by atoms with Crippen LogP contribution < -0.4 is 56.1 Å². The minimum absolute atomic E-state index is 0.240. The quantitative estimate of drug-likeness (QED) is 0.0343. The van der Waals surface area contributed by atoms with Crippen LogP contribution >= 0.6 is 34.0 Å². The standard InChI is InChI=1S/C32H28N6O3S.C31H26N6O4S.C30H28FN7O3S/c39-30(35-22-11-9-21(10-12-22)19-37-17-5-2-6-18-37)28-27-26-29(33-20-34-31(26)42-28)38(32(40)36-27)23-13-15-25(16-14-23)41-24-7-3-1-4-8-24;38-29(34-21-8-6-20(7-9-21)18-36-14-16-40-17-15-36)27-26-25-28(32-19-33-30(25)42-27)37(31(39)35-26)22-10-12-24(13-11-22)41-23-4-2-1-3-5-23;31-21-4-1-3-19(15-21)17-37-10-7-20-16-22(5-6-23(20)37)38-27-24-25(35-30(38)40)26(42-29(24)34-18-33-27)28(39)32-8-2-9-36-11-13-41-14-12-36/h1,3-4,7-16,20H,2,5-6,17-19H2,(H,35,39)(H,36,40);1-13,19H,14-18H2,(H,34,38)(H,35,39);1,3-7,10,15-16,18H,2,8-9,11-14,17H2,(H,32,39)(H,35,40). The molecule has 0 atom stereocenters. The summed E-state index contributed by atoms with van der Waals surface area (Å²) in [4.78, 5) is 121. The van der Waals surface area contributed by atoms with E-state index >= 15 is 0 Å². The first-order chi connectivity index (χ1) is 61.8. The molecular formula is C93H82FN19O10S3. The number of ether oxygens (including phenoxy) is 4. The number of anilines is 11. The third kappa shape index (κ3) is 17.8. The molecule has 21 rings (SSSR count). The summed E-state index contributed by atoms with van der Waals surface area (Å²) in [7, 11) is 0. The van der Waals surface area contributed by atoms with Gasteiger partial charge in [0, 0.05) is 80.8 Å². The van der Waals surface area contributed by atoms with Gasteiger partial charge in [0.25, 0.3) is 17.7 Å². The Hall–Kier alpha value is -14.0. The molecule has 0 spiro atoms. The molecule has 6 aliphatic rings. The number of nitrogens with one attached hydrogen (secondary N) is 6. The molecule has 0 bridgehead atoms. The smallest absolute Gasteiger partial charge is 0.332 e. The predicted octanol–water partition coefficient (Wildman–Crippen LogP) is 18.6. The van der Waals surface area contributed by atoms with Crippen molar-refractivity contribution in [1.29, 1.82) is 0 Å². The fraction of sp³-hybridized carbons (Fsp3) is 0.204. The Bertz CT molecular complexity index is 6310. The highest BCUT2D eigenvalue weighted by atomic mass is 32.1. The molecule has 8 aromatic carbocycles. The van der Waals surface area contributed by atoms with Gasteiger partial charge in [0.15, 0.2) is 17.5 Å². The lowest BCUT2D eigenvalue weighted by molar-refractivity contribution is 0.0342. The summed E-state index contributed by atoms with van der Waals surface area (Å²) in [6, 6.07) is 62.1. The Balaban J connectivity index is 0.000000123. The summed E-state index contributed by atoms with van der Waals surface area (Å²) in [5.41, 5.74) is 8.70. The van der Waals surface area contributed by atoms with Gasteiger partial charge in [0.2, 0.25) is 0 Å². The molecule has 0 saturated carbocycles. The maximum Gasteiger partial charge on any atom is 0.332 e. The van der Waals surface area contributed by atoms with Crippen molar-refractivity contribution in [3.8, 4) is 23.0 Å². The van der Waals surface area contributed by atoms with Gasteiger partial charge >= 0.3 is 18.1 Å². The van der Waals surface area contributed by atoms with E-state index in [4.69, 9.17) is 18.9 Å². The number of fused-ring (bicyclic) bond motifs is 1. The number of hydrogen-bond donors (Lipinski definition) is 6. The lowest BCUT2D eigenvalue weighted by Gasteiger charge is -2.27. The minimum atomic E-state index is -0.417. The molecule has 15 aromatic rings. The minimum Gasteiger partial charge on any atom is -0.457 e. The Kier molecular flexibility index (Phi) is 23.8. The first kappa shape index (κ1) is 81.6. The summed E-state index contributed by atoms with van der Waals surface area (Å²) < 4.78 is 38.3. The topological polar surface area (TPSA) is 313 Å². The zero-order valence-electron chi connectivity index (χ0n) is 67.9. The number of hydrogen-bond acceptors (Lipinski definition) is 22. The van der Waals surface area contributed by atoms with Crippen LogP contribution in [0.25, 0.3) is 41.6 Å². The van der Waals surface area contributed by atoms with Crippen LogP contribution in [0.1, 0.15) is 71.4 Å². The zero-order chi connectivity index (χ0) is 85.6. The second-order valence-electron chi connectivity index (χ2n) is 30.6. The van der Waals surface area contributed by atoms with E-state index in [1.54, 1.807) is 54.6 Å². The van der Waals surface area contributed by atoms with Crippen LogP contribution in [0.5, 0.6) is 23.0 Å². The Labute approximate surface area is 733 Å². The monoisotopic (exact) mass is 1740 g/mol. The van der Waals surface area contributed by atoms with Crippen molar-refractivity contribution in [3.63, 3.8) is 0 Å². The van der Waals surface area contributed by atoms with Crippen LogP contribution in [-0.4, -0.2) is 164 Å². The fourth-order valence-electron chi connectivity index (χ4n) is 16.0. The molecule has 3 saturated heterocycles. The molecule has 3 fully saturated rings. The molecule has 9 amide bonds. The number of para-hydroxylation sites is 2. The highest BCUT2D eigenvalue weighted by molar-refractivity contribution is 7.22. The Morgan fingerprint density at radius 3 is 1.33 bits per heavy atom. The normalized spacial score (nSPS) is 15.1. The molecule has 13 heterocycles. The second-order valence-corrected chi connectivity index (χ2v) is 33.6. The van der Waals surface area contributed by atoms with Crippen molar-refractivity contribution in [2.45, 2.75) is 45.3 Å². The van der Waals surface area contributed by atoms with Crippen LogP contribution in [0, 0.1) is 5.82 Å². The number of halogens is 1. The van der Waals surface area contributed by atoms with Gasteiger partial charge in [-0.05, 0) is 189 Å². The number of rotatable bonds is 22. The van der Waals surface area contributed by atoms with Gasteiger partial charge < -0.3 is 55.4 Å². The number of nitrogens with zero attached hydrogens (tertiary/aromatic N) is 13. The molecule has 126 heavy (non-hydrogen) atoms. The maximum atomic E-state index is 13.7. The average Bonchev–Trinajstić information content (AvgIpc) is 1.56. The lowest BCUT2D eigenvalue weighted by Crippen LogP contribution is -2.38. The number of carbonyl (C=O) groups is 6. The van der Waals surface area contributed by atoms with Crippen LogP contribution in [0.2, 0.25) is 0 Å². The van der Waals surface area contributed by atoms with E-state index in [0.717, 1.165) is 120 Å². The van der Waals surface area contributed by atoms with Crippen LogP contribution in [0.4, 0.5) is 81.7 Å². The van der Waals surface area contributed by atoms with Crippen molar-refractivity contribution < 1.29 is 52.1 Å². The van der Waals surface area contributed by atoms with E-state index in [1.807, 2.05) is 138 Å². The van der Waals surface area contributed by atoms with Gasteiger partial charge in [-0.2, -0.15) is 0 Å². The van der Waals surface area contributed by atoms with Crippen molar-refractivity contribution in [3.05, 3.63) is 269 Å². The summed E-state index contributed by atoms with van der Waals surface area (Å²) in [5.74, 6) is 2.86. The SMILES string of the molecule is O=C(NCCCN1CCOCC1)c1sc2ncnc3c2c1NC(=O)N3c1ccc2c(ccn2Cc2cccc(F)c2)c1.O=C(Nc1ccc(CN2CCCCC2)cc1)c1sc2ncnc3c2c1NC(=O)N3c1ccc(Oc2ccccc2)cc1.O=C(Nc1ccc(CN2CCOCC2)cc1)c1sc2ncnc3c2c1NC(=O)N3c1ccc(Oc2ccccc2)cc1. The van der Waals surface area contributed by atoms with Gasteiger partial charge in [-0.25, -0.2) is 63.4 Å². The molecule has 0 unspecified atom stereocenters. The molecule has 6 aliphatic heterocycles. The molecule has 6 N–H and O–H groups in total. The van der Waals surface area contributed by atoms with Crippen molar-refractivity contribution in [1.82, 2.24) is 54.5 Å². The summed E-state index contributed by atoms with van der Waals surface area (Å²) >= 11 is 3.69. The van der Waals surface area contributed by atoms with E-state index in [0.29, 0.717) is 133 Å². The molecule has 0 radical (unpaired) electrons. The second kappa shape index (κ2) is 36.8. The third-order valence-corrected chi connectivity index (χ3v) is 25.5. The number of aromatic nitrogens is 7. The summed E-state index contributed by atoms with van der Waals surface area (Å²) in [6.07, 6.45) is 10.8. The Morgan fingerprint density at radius 1 is 0.421 bits per heavy atom. The van der Waals surface area contributed by atoms with Crippen molar-refractivity contribution in [2.75, 3.05) is 120 Å². The lowest BCUT2D eigenvalue weighted by atomic mass is 10.1. The van der Waals surface area contributed by atoms with E-state index < -0.39 is 18.1 Å². The number of thiophene rings is 3. The van der Waals surface area contributed by atoms with Crippen molar-refractivity contribution >= 4 is 174 Å². The number of urea groups is 3. The number of likely N-dealkylation sites (tertiary alicyclic amines) is 1. The van der Waals surface area contributed by atoms with E-state index in [1.165, 1.54) is 110 Å². The molecular weight excluding hydrogens is 1660 g/mol. The molecule has 634 valence electrons. The first-order valence-electron chi connectivity index (χ1n) is 41.4. The predicted molar refractivity (Wildman–Crippen MR) is 487 cm³/mol. The number of amides is 9. The molecule has 33 heteroatoms. The van der Waals surface area contributed by atoms with Gasteiger partial charge in [0.05, 0.1) is 76.7 Å². The van der Waals surface area contributed by atoms with Gasteiger partial charge in [0.1, 0.15) is 76.9 Å². The highest BCUT2D eigenvalue weighted by Gasteiger charge is 2.38. The zero-order valence-corrected chi connectivity index (χ0v) is 70.3. The van der Waals surface area contributed by atoms with Crippen LogP contribution in [-0.2, 0) is 29.1 Å². The van der Waals surface area contributed by atoms with Gasteiger partial charge in [-0.15, -0.1) is 34.0 Å². The number of benzene rings is 8. The number of carbonyl (C=O) groups excluding carboxylic acids is 6. The fourth-order valence-corrected chi connectivity index (χ4v) is 19.0. The van der Waals surface area contributed by atoms with Gasteiger partial charge in [-0.1, -0.05) is 79.2 Å².